The van der Waals surface area contributed by atoms with Crippen LogP contribution in [-0.4, -0.2) is 28.9 Å². The fourth-order valence-corrected chi connectivity index (χ4v) is 2.13. The first-order valence-electron chi connectivity index (χ1n) is 5.62. The van der Waals surface area contributed by atoms with Gasteiger partial charge in [0.1, 0.15) is 0 Å². The Morgan fingerprint density at radius 1 is 1.45 bits per heavy atom. The lowest BCUT2D eigenvalue weighted by Crippen LogP contribution is -2.14. The number of ether oxygens (including phenoxy) is 1. The molecule has 2 rings (SSSR count). The van der Waals surface area contributed by atoms with Gasteiger partial charge in [0.05, 0.1) is 24.8 Å². The van der Waals surface area contributed by atoms with Gasteiger partial charge in [-0.1, -0.05) is 0 Å². The molecule has 0 aliphatic carbocycles. The van der Waals surface area contributed by atoms with E-state index in [0.29, 0.717) is 22.3 Å². The molecule has 0 atom stereocenters. The maximum absolute atomic E-state index is 11.9. The summed E-state index contributed by atoms with van der Waals surface area (Å²) in [5.74, 6) is -0.368. The lowest BCUT2D eigenvalue weighted by molar-refractivity contribution is -0.117. The van der Waals surface area contributed by atoms with E-state index >= 15 is 0 Å². The number of hydrogen-bond donors (Lipinski definition) is 2. The third-order valence-corrected chi connectivity index (χ3v) is 3.14. The molecular weight excluding hydrogens is 280 g/mol. The number of carbonyl (C=O) groups is 2. The van der Waals surface area contributed by atoms with Crippen LogP contribution in [-0.2, 0) is 11.2 Å². The van der Waals surface area contributed by atoms with E-state index in [9.17, 15) is 9.59 Å². The first-order valence-corrected chi connectivity index (χ1v) is 6.50. The Balaban J connectivity index is 2.03. The largest absolute Gasteiger partial charge is 0.481 e. The highest BCUT2D eigenvalue weighted by molar-refractivity contribution is 7.14. The Labute approximate surface area is 118 Å². The average Bonchev–Trinajstić information content (AvgIpc) is 2.85. The van der Waals surface area contributed by atoms with Gasteiger partial charge in [-0.2, -0.15) is 0 Å². The molecule has 0 spiro atoms. The third-order valence-electron chi connectivity index (χ3n) is 2.34. The van der Waals surface area contributed by atoms with Crippen LogP contribution in [0.4, 0.5) is 5.13 Å². The van der Waals surface area contributed by atoms with E-state index in [0.717, 1.165) is 0 Å². The molecule has 20 heavy (non-hydrogen) atoms. The maximum Gasteiger partial charge on any atom is 0.259 e. The number of methoxy groups -OCH3 is 1. The summed E-state index contributed by atoms with van der Waals surface area (Å²) >= 11 is 1.23. The predicted octanol–water partition coefficient (Wildman–Crippen LogP) is 0.827. The Kier molecular flexibility index (Phi) is 4.26. The molecule has 7 nitrogen and oxygen atoms in total. The molecule has 0 saturated heterocycles. The van der Waals surface area contributed by atoms with Crippen LogP contribution in [0.2, 0.25) is 0 Å². The van der Waals surface area contributed by atoms with Crippen LogP contribution in [0.1, 0.15) is 16.1 Å². The second kappa shape index (κ2) is 6.11. The van der Waals surface area contributed by atoms with Crippen molar-refractivity contribution in [1.82, 2.24) is 9.97 Å². The number of rotatable bonds is 5. The number of nitrogens with zero attached hydrogens (tertiary/aromatic N) is 2. The molecule has 0 aromatic carbocycles. The van der Waals surface area contributed by atoms with E-state index in [2.05, 4.69) is 15.3 Å². The maximum atomic E-state index is 11.9. The van der Waals surface area contributed by atoms with Gasteiger partial charge in [-0.05, 0) is 6.07 Å². The smallest absolute Gasteiger partial charge is 0.259 e. The van der Waals surface area contributed by atoms with Crippen molar-refractivity contribution in [2.24, 2.45) is 5.73 Å². The fraction of sp³-hybridized carbons (Fsp3) is 0.167. The van der Waals surface area contributed by atoms with E-state index in [1.165, 1.54) is 24.6 Å². The van der Waals surface area contributed by atoms with E-state index in [4.69, 9.17) is 10.5 Å². The standard InChI is InChI=1S/C12H12N4O3S/c1-19-10-3-2-7(5-14-10)11(18)16-12-15-8(6-20-12)4-9(13)17/h2-3,5-6H,4H2,1H3,(H2,13,17)(H,15,16,18). The number of thiazole rings is 1. The van der Waals surface area contributed by atoms with Crippen molar-refractivity contribution in [3.05, 3.63) is 35.0 Å². The second-order valence-corrected chi connectivity index (χ2v) is 4.69. The average molecular weight is 292 g/mol. The molecular formula is C12H12N4O3S. The van der Waals surface area contributed by atoms with E-state index in [-0.39, 0.29) is 12.3 Å². The number of primary amides is 1. The number of nitrogens with two attached hydrogens (primary N) is 1. The molecule has 104 valence electrons. The van der Waals surface area contributed by atoms with Gasteiger partial charge in [0.25, 0.3) is 5.91 Å². The zero-order valence-electron chi connectivity index (χ0n) is 10.6. The fourth-order valence-electron chi connectivity index (χ4n) is 1.43. The Bertz CT molecular complexity index is 624. The minimum Gasteiger partial charge on any atom is -0.481 e. The Morgan fingerprint density at radius 2 is 2.25 bits per heavy atom. The summed E-state index contributed by atoms with van der Waals surface area (Å²) in [5.41, 5.74) is 5.99. The van der Waals surface area contributed by atoms with Gasteiger partial charge in [0.2, 0.25) is 11.8 Å². The summed E-state index contributed by atoms with van der Waals surface area (Å²) in [7, 11) is 1.50. The van der Waals surface area contributed by atoms with Gasteiger partial charge in [-0.3, -0.25) is 14.9 Å². The van der Waals surface area contributed by atoms with Crippen molar-refractivity contribution < 1.29 is 14.3 Å². The molecule has 0 radical (unpaired) electrons. The monoisotopic (exact) mass is 292 g/mol. The number of nitrogens with one attached hydrogen (secondary N) is 1. The van der Waals surface area contributed by atoms with Gasteiger partial charge >= 0.3 is 0 Å². The molecule has 3 N–H and O–H groups in total. The van der Waals surface area contributed by atoms with E-state index < -0.39 is 5.91 Å². The molecule has 2 amide bonds. The van der Waals surface area contributed by atoms with Gasteiger partial charge < -0.3 is 10.5 Å². The number of pyridine rings is 1. The quantitative estimate of drug-likeness (QED) is 0.848. The molecule has 0 aliphatic rings. The summed E-state index contributed by atoms with van der Waals surface area (Å²) in [5, 5.41) is 4.70. The van der Waals surface area contributed by atoms with Crippen LogP contribution in [0.15, 0.2) is 23.7 Å². The normalized spacial score (nSPS) is 10.1. The molecule has 0 bridgehead atoms. The molecule has 2 aromatic rings. The highest BCUT2D eigenvalue weighted by Gasteiger charge is 2.10. The first-order chi connectivity index (χ1) is 9.58. The molecule has 0 unspecified atom stereocenters. The third kappa shape index (κ3) is 3.51. The van der Waals surface area contributed by atoms with Gasteiger partial charge in [0, 0.05) is 17.6 Å². The highest BCUT2D eigenvalue weighted by atomic mass is 32.1. The summed E-state index contributed by atoms with van der Waals surface area (Å²) in [4.78, 5) is 30.7. The van der Waals surface area contributed by atoms with Gasteiger partial charge in [0.15, 0.2) is 5.13 Å². The van der Waals surface area contributed by atoms with Crippen LogP contribution >= 0.6 is 11.3 Å². The zero-order chi connectivity index (χ0) is 14.5. The molecule has 8 heteroatoms. The lowest BCUT2D eigenvalue weighted by atomic mass is 10.3. The molecule has 2 aromatic heterocycles. The lowest BCUT2D eigenvalue weighted by Gasteiger charge is -2.02. The molecule has 0 fully saturated rings. The Hall–Kier alpha value is -2.48. The van der Waals surface area contributed by atoms with Crippen molar-refractivity contribution >= 4 is 28.3 Å². The van der Waals surface area contributed by atoms with Crippen LogP contribution in [0.5, 0.6) is 5.88 Å². The van der Waals surface area contributed by atoms with E-state index in [1.54, 1.807) is 17.5 Å². The van der Waals surface area contributed by atoms with Crippen LogP contribution in [0.25, 0.3) is 0 Å². The van der Waals surface area contributed by atoms with Crippen LogP contribution < -0.4 is 15.8 Å². The summed E-state index contributed by atoms with van der Waals surface area (Å²) < 4.78 is 4.91. The number of amides is 2. The van der Waals surface area contributed by atoms with Gasteiger partial charge in [-0.15, -0.1) is 11.3 Å². The Morgan fingerprint density at radius 3 is 2.85 bits per heavy atom. The van der Waals surface area contributed by atoms with Crippen molar-refractivity contribution in [3.8, 4) is 5.88 Å². The second-order valence-electron chi connectivity index (χ2n) is 3.83. The van der Waals surface area contributed by atoms with Crippen LogP contribution in [0, 0.1) is 0 Å². The number of carbonyl (C=O) groups excluding carboxylic acids is 2. The highest BCUT2D eigenvalue weighted by Crippen LogP contribution is 2.17. The first kappa shape index (κ1) is 13.9. The number of hydrogen-bond acceptors (Lipinski definition) is 6. The number of aromatic nitrogens is 2. The van der Waals surface area contributed by atoms with Gasteiger partial charge in [-0.25, -0.2) is 9.97 Å². The van der Waals surface area contributed by atoms with E-state index in [1.807, 2.05) is 0 Å². The summed E-state index contributed by atoms with van der Waals surface area (Å²) in [6, 6.07) is 3.19. The van der Waals surface area contributed by atoms with Crippen LogP contribution in [0.3, 0.4) is 0 Å². The molecule has 2 heterocycles. The van der Waals surface area contributed by atoms with Crippen molar-refractivity contribution in [3.63, 3.8) is 0 Å². The topological polar surface area (TPSA) is 107 Å². The summed E-state index contributed by atoms with van der Waals surface area (Å²) in [6.07, 6.45) is 1.46. The van der Waals surface area contributed by atoms with Crippen molar-refractivity contribution in [1.29, 1.82) is 0 Å². The zero-order valence-corrected chi connectivity index (χ0v) is 11.4. The summed E-state index contributed by atoms with van der Waals surface area (Å²) in [6.45, 7) is 0. The SMILES string of the molecule is COc1ccc(C(=O)Nc2nc(CC(N)=O)cs2)cn1. The van der Waals surface area contributed by atoms with Crippen molar-refractivity contribution in [2.45, 2.75) is 6.42 Å². The predicted molar refractivity (Wildman–Crippen MR) is 73.8 cm³/mol. The minimum absolute atomic E-state index is 0.0520. The molecule has 0 saturated carbocycles. The minimum atomic E-state index is -0.465. The molecule has 0 aliphatic heterocycles. The van der Waals surface area contributed by atoms with Crippen molar-refractivity contribution in [2.75, 3.05) is 12.4 Å². The number of anilines is 1.